The van der Waals surface area contributed by atoms with E-state index in [1.165, 1.54) is 0 Å². The molecule has 0 atom stereocenters. The van der Waals surface area contributed by atoms with Crippen LogP contribution in [0.2, 0.25) is 0 Å². The summed E-state index contributed by atoms with van der Waals surface area (Å²) >= 11 is 0. The average molecular weight is 298 g/mol. The molecule has 0 radical (unpaired) electrons. The molecule has 0 aliphatic heterocycles. The predicted molar refractivity (Wildman–Crippen MR) is 85.7 cm³/mol. The number of para-hydroxylation sites is 1. The Kier molecular flexibility index (Phi) is 7.94. The third-order valence-electron chi connectivity index (χ3n) is 3.38. The van der Waals surface area contributed by atoms with Crippen LogP contribution >= 0.6 is 7.14 Å². The molecule has 0 saturated heterocycles. The first kappa shape index (κ1) is 17.3. The first-order valence-electron chi connectivity index (χ1n) is 7.47. The van der Waals surface area contributed by atoms with Crippen molar-refractivity contribution in [1.82, 2.24) is 0 Å². The van der Waals surface area contributed by atoms with Gasteiger partial charge in [-0.1, -0.05) is 38.8 Å². The number of rotatable bonds is 10. The highest BCUT2D eigenvalue weighted by molar-refractivity contribution is 7.71. The molecule has 0 heterocycles. The first-order valence-corrected chi connectivity index (χ1v) is 9.55. The van der Waals surface area contributed by atoms with Gasteiger partial charge >= 0.3 is 0 Å². The Morgan fingerprint density at radius 2 is 1.65 bits per heavy atom. The Bertz CT molecular complexity index is 419. The van der Waals surface area contributed by atoms with E-state index in [9.17, 15) is 4.57 Å². The molecule has 0 unspecified atom stereocenters. The van der Waals surface area contributed by atoms with Gasteiger partial charge in [-0.25, -0.2) is 0 Å². The van der Waals surface area contributed by atoms with Crippen LogP contribution in [0.25, 0.3) is 0 Å². The molecule has 0 saturated carbocycles. The van der Waals surface area contributed by atoms with Crippen molar-refractivity contribution in [3.63, 3.8) is 0 Å². The van der Waals surface area contributed by atoms with Crippen LogP contribution in [0.1, 0.15) is 39.5 Å². The summed E-state index contributed by atoms with van der Waals surface area (Å²) in [7, 11) is -0.769. The quantitative estimate of drug-likeness (QED) is 0.478. The summed E-state index contributed by atoms with van der Waals surface area (Å²) in [5, 5.41) is 0.888. The van der Waals surface area contributed by atoms with E-state index in [1.54, 1.807) is 7.11 Å². The van der Waals surface area contributed by atoms with Crippen LogP contribution in [-0.4, -0.2) is 26.2 Å². The largest absolute Gasteiger partial charge is 0.467 e. The van der Waals surface area contributed by atoms with Crippen molar-refractivity contribution < 1.29 is 14.0 Å². The highest BCUT2D eigenvalue weighted by Gasteiger charge is 2.26. The van der Waals surface area contributed by atoms with Crippen LogP contribution in [0.4, 0.5) is 0 Å². The van der Waals surface area contributed by atoms with Gasteiger partial charge in [0.2, 0.25) is 0 Å². The van der Waals surface area contributed by atoms with Gasteiger partial charge in [-0.3, -0.25) is 0 Å². The molecule has 114 valence electrons. The second-order valence-electron chi connectivity index (χ2n) is 5.06. The van der Waals surface area contributed by atoms with Gasteiger partial charge in [0, 0.05) is 19.4 Å². The molecule has 0 bridgehead atoms. The zero-order valence-electron chi connectivity index (χ0n) is 12.9. The van der Waals surface area contributed by atoms with Crippen molar-refractivity contribution in [1.29, 1.82) is 0 Å². The number of benzene rings is 1. The maximum absolute atomic E-state index is 13.4. The fourth-order valence-electron chi connectivity index (χ4n) is 2.22. The molecule has 3 nitrogen and oxygen atoms in total. The number of hydrogen-bond acceptors (Lipinski definition) is 3. The molecule has 0 fully saturated rings. The van der Waals surface area contributed by atoms with Gasteiger partial charge in [0.1, 0.15) is 12.9 Å². The van der Waals surface area contributed by atoms with Crippen LogP contribution in [-0.2, 0) is 9.30 Å². The highest BCUT2D eigenvalue weighted by Crippen LogP contribution is 2.48. The van der Waals surface area contributed by atoms with Crippen LogP contribution < -0.4 is 10.0 Å². The average Bonchev–Trinajstić information content (AvgIpc) is 2.49. The van der Waals surface area contributed by atoms with Gasteiger partial charge in [0.25, 0.3) is 0 Å². The minimum atomic E-state index is -2.36. The number of unbranched alkanes of at least 4 members (excludes halogenated alkanes) is 2. The Morgan fingerprint density at radius 3 is 2.20 bits per heavy atom. The van der Waals surface area contributed by atoms with Crippen LogP contribution in [0.3, 0.4) is 0 Å². The second kappa shape index (κ2) is 9.20. The molecule has 0 amide bonds. The summed E-state index contributed by atoms with van der Waals surface area (Å²) in [5.41, 5.74) is 0. The molecular formula is C16H27O3P. The van der Waals surface area contributed by atoms with Crippen LogP contribution in [0, 0.1) is 0 Å². The Labute approximate surface area is 123 Å². The lowest BCUT2D eigenvalue weighted by Gasteiger charge is -2.21. The van der Waals surface area contributed by atoms with Gasteiger partial charge in [0.05, 0.1) is 5.30 Å². The summed E-state index contributed by atoms with van der Waals surface area (Å²) in [5.74, 6) is 0.713. The van der Waals surface area contributed by atoms with Gasteiger partial charge in [-0.2, -0.15) is 0 Å². The van der Waals surface area contributed by atoms with Crippen molar-refractivity contribution in [2.45, 2.75) is 39.5 Å². The normalized spacial score (nSPS) is 11.6. The Balaban J connectivity index is 3.02. The topological polar surface area (TPSA) is 35.5 Å². The zero-order valence-corrected chi connectivity index (χ0v) is 13.8. The van der Waals surface area contributed by atoms with E-state index in [0.717, 1.165) is 43.3 Å². The van der Waals surface area contributed by atoms with Crippen molar-refractivity contribution in [3.05, 3.63) is 24.3 Å². The fraction of sp³-hybridized carbons (Fsp3) is 0.625. The van der Waals surface area contributed by atoms with E-state index in [1.807, 2.05) is 24.3 Å². The number of methoxy groups -OCH3 is 1. The van der Waals surface area contributed by atoms with Crippen molar-refractivity contribution >= 4 is 12.4 Å². The molecule has 20 heavy (non-hydrogen) atoms. The lowest BCUT2D eigenvalue weighted by atomic mass is 10.3. The van der Waals surface area contributed by atoms with Crippen molar-refractivity contribution in [3.8, 4) is 5.75 Å². The minimum Gasteiger partial charge on any atom is -0.467 e. The van der Waals surface area contributed by atoms with E-state index in [4.69, 9.17) is 9.47 Å². The standard InChI is InChI=1S/C16H27O3P/c1-4-6-12-20(17,13-7-5-2)16-11-9-8-10-15(16)19-14-18-3/h8-11H,4-7,12-14H2,1-3H3. The number of ether oxygens (including phenoxy) is 2. The van der Waals surface area contributed by atoms with Crippen molar-refractivity contribution in [2.24, 2.45) is 0 Å². The Morgan fingerprint density at radius 1 is 1.05 bits per heavy atom. The first-order chi connectivity index (χ1) is 9.68. The lowest BCUT2D eigenvalue weighted by Crippen LogP contribution is -2.15. The number of hydrogen-bond donors (Lipinski definition) is 0. The Hall–Kier alpha value is -0.790. The zero-order chi connectivity index (χ0) is 14.8. The van der Waals surface area contributed by atoms with E-state index in [0.29, 0.717) is 5.75 Å². The summed E-state index contributed by atoms with van der Waals surface area (Å²) < 4.78 is 24.0. The smallest absolute Gasteiger partial charge is 0.188 e. The fourth-order valence-corrected chi connectivity index (χ4v) is 5.48. The highest BCUT2D eigenvalue weighted by atomic mass is 31.2. The van der Waals surface area contributed by atoms with Crippen molar-refractivity contribution in [2.75, 3.05) is 26.2 Å². The van der Waals surface area contributed by atoms with Gasteiger partial charge in [-0.15, -0.1) is 0 Å². The third kappa shape index (κ3) is 4.96. The van der Waals surface area contributed by atoms with Crippen LogP contribution in [0.5, 0.6) is 5.75 Å². The summed E-state index contributed by atoms with van der Waals surface area (Å²) in [6.07, 6.45) is 5.68. The lowest BCUT2D eigenvalue weighted by molar-refractivity contribution is 0.0518. The predicted octanol–water partition coefficient (Wildman–Crippen LogP) is 4.26. The van der Waals surface area contributed by atoms with E-state index in [-0.39, 0.29) is 6.79 Å². The van der Waals surface area contributed by atoms with Gasteiger partial charge in [-0.05, 0) is 25.0 Å². The third-order valence-corrected chi connectivity index (χ3v) is 6.71. The molecule has 1 aromatic carbocycles. The maximum atomic E-state index is 13.4. The van der Waals surface area contributed by atoms with E-state index in [2.05, 4.69) is 13.8 Å². The maximum Gasteiger partial charge on any atom is 0.188 e. The molecule has 1 rings (SSSR count). The molecule has 0 aromatic heterocycles. The van der Waals surface area contributed by atoms with Crippen LogP contribution in [0.15, 0.2) is 24.3 Å². The summed E-state index contributed by atoms with van der Waals surface area (Å²) in [6, 6.07) is 7.70. The second-order valence-corrected chi connectivity index (χ2v) is 8.22. The SMILES string of the molecule is CCCCP(=O)(CCCC)c1ccccc1OCOC. The molecule has 4 heteroatoms. The minimum absolute atomic E-state index is 0.193. The summed E-state index contributed by atoms with van der Waals surface area (Å²) in [4.78, 5) is 0. The van der Waals surface area contributed by atoms with E-state index < -0.39 is 7.14 Å². The van der Waals surface area contributed by atoms with Gasteiger partial charge in [0.15, 0.2) is 6.79 Å². The molecule has 0 N–H and O–H groups in total. The summed E-state index contributed by atoms with van der Waals surface area (Å²) in [6.45, 7) is 4.47. The molecule has 0 aliphatic carbocycles. The van der Waals surface area contributed by atoms with Gasteiger partial charge < -0.3 is 14.0 Å². The van der Waals surface area contributed by atoms with E-state index >= 15 is 0 Å². The monoisotopic (exact) mass is 298 g/mol. The molecule has 1 aromatic rings. The molecule has 0 spiro atoms. The molecule has 0 aliphatic rings. The molecular weight excluding hydrogens is 271 g/mol.